The third-order valence-corrected chi connectivity index (χ3v) is 1.46. The van der Waals surface area contributed by atoms with Crippen LogP contribution in [0.1, 0.15) is 18.2 Å². The smallest absolute Gasteiger partial charge is 0.305 e. The zero-order valence-electron chi connectivity index (χ0n) is 6.88. The molecule has 0 aliphatic carbocycles. The minimum Gasteiger partial charge on any atom is -0.481 e. The average molecular weight is 203 g/mol. The molecule has 5 heteroatoms. The third-order valence-electron chi connectivity index (χ3n) is 1.46. The molecule has 0 saturated heterocycles. The molecule has 72 valence electrons. The molecule has 0 radical (unpaired) electrons. The maximum Gasteiger partial charge on any atom is 0.305 e. The molecule has 3 N–H and O–H groups in total. The normalized spacial score (nSPS) is 11.5. The SMILES string of the molecule is Cl.N[C@H](CC(=O)O)c1ccccn1. The number of hydrogen-bond acceptors (Lipinski definition) is 3. The Hall–Kier alpha value is -1.13. The summed E-state index contributed by atoms with van der Waals surface area (Å²) in [6.45, 7) is 0. The fourth-order valence-corrected chi connectivity index (χ4v) is 0.888. The first kappa shape index (κ1) is 11.9. The van der Waals surface area contributed by atoms with Gasteiger partial charge in [-0.25, -0.2) is 0 Å². The van der Waals surface area contributed by atoms with E-state index in [9.17, 15) is 4.79 Å². The van der Waals surface area contributed by atoms with Gasteiger partial charge in [0.1, 0.15) is 0 Å². The van der Waals surface area contributed by atoms with Gasteiger partial charge in [0.05, 0.1) is 18.2 Å². The second kappa shape index (κ2) is 5.50. The Morgan fingerprint density at radius 3 is 2.77 bits per heavy atom. The largest absolute Gasteiger partial charge is 0.481 e. The molecule has 1 rings (SSSR count). The molecule has 0 aromatic carbocycles. The van der Waals surface area contributed by atoms with Crippen molar-refractivity contribution in [2.75, 3.05) is 0 Å². The standard InChI is InChI=1S/C8H10N2O2.ClH/c9-6(5-8(11)12)7-3-1-2-4-10-7;/h1-4,6H,5,9H2,(H,11,12);1H/t6-;/m1./s1. The van der Waals surface area contributed by atoms with Crippen LogP contribution < -0.4 is 5.73 Å². The van der Waals surface area contributed by atoms with E-state index in [1.54, 1.807) is 24.4 Å². The number of aromatic nitrogens is 1. The number of carboxylic acids is 1. The highest BCUT2D eigenvalue weighted by Gasteiger charge is 2.10. The fraction of sp³-hybridized carbons (Fsp3) is 0.250. The molecule has 1 aromatic rings. The number of halogens is 1. The van der Waals surface area contributed by atoms with Crippen LogP contribution in [0.5, 0.6) is 0 Å². The van der Waals surface area contributed by atoms with Crippen LogP contribution in [-0.4, -0.2) is 16.1 Å². The maximum absolute atomic E-state index is 10.3. The molecule has 0 spiro atoms. The van der Waals surface area contributed by atoms with E-state index in [0.29, 0.717) is 5.69 Å². The number of pyridine rings is 1. The van der Waals surface area contributed by atoms with Gasteiger partial charge in [-0.05, 0) is 12.1 Å². The van der Waals surface area contributed by atoms with Gasteiger partial charge >= 0.3 is 5.97 Å². The van der Waals surface area contributed by atoms with Crippen LogP contribution in [0.15, 0.2) is 24.4 Å². The Bertz CT molecular complexity index is 266. The van der Waals surface area contributed by atoms with Crippen LogP contribution in [0.4, 0.5) is 0 Å². The molecule has 1 heterocycles. The molecule has 1 aromatic heterocycles. The third kappa shape index (κ3) is 3.87. The van der Waals surface area contributed by atoms with Gasteiger partial charge in [0.2, 0.25) is 0 Å². The summed E-state index contributed by atoms with van der Waals surface area (Å²) >= 11 is 0. The van der Waals surface area contributed by atoms with Crippen LogP contribution in [0.25, 0.3) is 0 Å². The lowest BCUT2D eigenvalue weighted by Crippen LogP contribution is -2.15. The van der Waals surface area contributed by atoms with Crippen molar-refractivity contribution in [2.24, 2.45) is 5.73 Å². The van der Waals surface area contributed by atoms with Crippen molar-refractivity contribution in [3.05, 3.63) is 30.1 Å². The molecule has 0 aliphatic heterocycles. The predicted octanol–water partition coefficient (Wildman–Crippen LogP) is 0.978. The molecule has 0 unspecified atom stereocenters. The van der Waals surface area contributed by atoms with Crippen LogP contribution in [0.3, 0.4) is 0 Å². The highest BCUT2D eigenvalue weighted by Crippen LogP contribution is 2.09. The molecule has 0 saturated carbocycles. The number of aliphatic carboxylic acids is 1. The van der Waals surface area contributed by atoms with E-state index >= 15 is 0 Å². The summed E-state index contributed by atoms with van der Waals surface area (Å²) in [4.78, 5) is 14.2. The molecule has 0 amide bonds. The summed E-state index contributed by atoms with van der Waals surface area (Å²) < 4.78 is 0. The Kier molecular flexibility index (Phi) is 5.03. The number of carbonyl (C=O) groups is 1. The van der Waals surface area contributed by atoms with Crippen molar-refractivity contribution < 1.29 is 9.90 Å². The first-order chi connectivity index (χ1) is 5.70. The van der Waals surface area contributed by atoms with E-state index in [4.69, 9.17) is 10.8 Å². The topological polar surface area (TPSA) is 76.2 Å². The van der Waals surface area contributed by atoms with Gasteiger partial charge in [0, 0.05) is 6.20 Å². The predicted molar refractivity (Wildman–Crippen MR) is 50.7 cm³/mol. The van der Waals surface area contributed by atoms with Crippen LogP contribution in [0, 0.1) is 0 Å². The van der Waals surface area contributed by atoms with Gasteiger partial charge in [-0.2, -0.15) is 0 Å². The maximum atomic E-state index is 10.3. The summed E-state index contributed by atoms with van der Waals surface area (Å²) in [6, 6.07) is 4.75. The summed E-state index contributed by atoms with van der Waals surface area (Å²) in [5, 5.41) is 8.44. The van der Waals surface area contributed by atoms with Gasteiger partial charge in [-0.1, -0.05) is 6.07 Å². The number of nitrogens with zero attached hydrogens (tertiary/aromatic N) is 1. The van der Waals surface area contributed by atoms with E-state index < -0.39 is 12.0 Å². The summed E-state index contributed by atoms with van der Waals surface area (Å²) in [5.74, 6) is -0.909. The van der Waals surface area contributed by atoms with Gasteiger partial charge in [-0.15, -0.1) is 12.4 Å². The summed E-state index contributed by atoms with van der Waals surface area (Å²) in [6.07, 6.45) is 1.51. The second-order valence-electron chi connectivity index (χ2n) is 2.46. The molecule has 4 nitrogen and oxygen atoms in total. The van der Waals surface area contributed by atoms with Crippen molar-refractivity contribution in [1.82, 2.24) is 4.98 Å². The molecular weight excluding hydrogens is 192 g/mol. The highest BCUT2D eigenvalue weighted by molar-refractivity contribution is 5.85. The van der Waals surface area contributed by atoms with Gasteiger partial charge in [0.25, 0.3) is 0 Å². The van der Waals surface area contributed by atoms with Gasteiger partial charge in [-0.3, -0.25) is 9.78 Å². The van der Waals surface area contributed by atoms with E-state index in [0.717, 1.165) is 0 Å². The van der Waals surface area contributed by atoms with Crippen LogP contribution in [0.2, 0.25) is 0 Å². The monoisotopic (exact) mass is 202 g/mol. The van der Waals surface area contributed by atoms with Gasteiger partial charge < -0.3 is 10.8 Å². The molecule has 0 bridgehead atoms. The number of nitrogens with two attached hydrogens (primary N) is 1. The minimum absolute atomic E-state index is 0. The average Bonchev–Trinajstić information content (AvgIpc) is 2.05. The minimum atomic E-state index is -0.909. The lowest BCUT2D eigenvalue weighted by atomic mass is 10.1. The number of hydrogen-bond donors (Lipinski definition) is 2. The molecule has 13 heavy (non-hydrogen) atoms. The Morgan fingerprint density at radius 2 is 2.31 bits per heavy atom. The van der Waals surface area contributed by atoms with Crippen molar-refractivity contribution in [3.63, 3.8) is 0 Å². The van der Waals surface area contributed by atoms with E-state index in [-0.39, 0.29) is 18.8 Å². The fourth-order valence-electron chi connectivity index (χ4n) is 0.888. The van der Waals surface area contributed by atoms with Crippen LogP contribution >= 0.6 is 12.4 Å². The van der Waals surface area contributed by atoms with Crippen molar-refractivity contribution in [2.45, 2.75) is 12.5 Å². The van der Waals surface area contributed by atoms with Crippen molar-refractivity contribution >= 4 is 18.4 Å². The Labute approximate surface area is 82.2 Å². The number of carboxylic acid groups (broad SMARTS) is 1. The first-order valence-corrected chi connectivity index (χ1v) is 3.58. The van der Waals surface area contributed by atoms with E-state index in [1.165, 1.54) is 0 Å². The zero-order valence-corrected chi connectivity index (χ0v) is 7.70. The quantitative estimate of drug-likeness (QED) is 0.766. The van der Waals surface area contributed by atoms with Crippen molar-refractivity contribution in [3.8, 4) is 0 Å². The lowest BCUT2D eigenvalue weighted by Gasteiger charge is -2.06. The molecule has 0 aliphatic rings. The summed E-state index contributed by atoms with van der Waals surface area (Å²) in [5.41, 5.74) is 6.16. The van der Waals surface area contributed by atoms with Gasteiger partial charge in [0.15, 0.2) is 0 Å². The lowest BCUT2D eigenvalue weighted by molar-refractivity contribution is -0.137. The Morgan fingerprint density at radius 1 is 1.62 bits per heavy atom. The van der Waals surface area contributed by atoms with Crippen molar-refractivity contribution in [1.29, 1.82) is 0 Å². The summed E-state index contributed by atoms with van der Waals surface area (Å²) in [7, 11) is 0. The van der Waals surface area contributed by atoms with E-state index in [1.807, 2.05) is 0 Å². The molecular formula is C8H11ClN2O2. The second-order valence-corrected chi connectivity index (χ2v) is 2.46. The molecule has 1 atom stereocenters. The zero-order chi connectivity index (χ0) is 8.97. The molecule has 0 fully saturated rings. The first-order valence-electron chi connectivity index (χ1n) is 3.58. The number of rotatable bonds is 3. The van der Waals surface area contributed by atoms with E-state index in [2.05, 4.69) is 4.98 Å². The highest BCUT2D eigenvalue weighted by atomic mass is 35.5. The Balaban J connectivity index is 0.00000144. The van der Waals surface area contributed by atoms with Crippen LogP contribution in [-0.2, 0) is 4.79 Å².